The monoisotopic (exact) mass is 177 g/mol. The second kappa shape index (κ2) is 3.35. The Kier molecular flexibility index (Phi) is 2.34. The average molecular weight is 177 g/mol. The van der Waals surface area contributed by atoms with Crippen LogP contribution in [-0.2, 0) is 0 Å². The van der Waals surface area contributed by atoms with E-state index in [-0.39, 0.29) is 6.04 Å². The van der Waals surface area contributed by atoms with Crippen LogP contribution in [0.2, 0.25) is 0 Å². The first-order chi connectivity index (χ1) is 6.22. The van der Waals surface area contributed by atoms with Crippen LogP contribution in [0.1, 0.15) is 33.1 Å². The highest BCUT2D eigenvalue weighted by Crippen LogP contribution is 2.51. The highest BCUT2D eigenvalue weighted by atomic mass is 15.0. The first-order valence-electron chi connectivity index (χ1n) is 5.44. The number of hydrogen-bond acceptors (Lipinski definition) is 1. The minimum atomic E-state index is 0.282. The van der Waals surface area contributed by atoms with Crippen LogP contribution in [0.25, 0.3) is 0 Å². The van der Waals surface area contributed by atoms with Crippen molar-refractivity contribution >= 4 is 0 Å². The molecule has 13 heavy (non-hydrogen) atoms. The molecule has 2 aliphatic carbocycles. The predicted octanol–water partition coefficient (Wildman–Crippen LogP) is 2.03. The number of nitrogens with one attached hydrogen (secondary N) is 1. The second-order valence-electron chi connectivity index (χ2n) is 4.90. The number of rotatable bonds is 3. The van der Waals surface area contributed by atoms with Crippen molar-refractivity contribution in [3.05, 3.63) is 0 Å². The smallest absolute Gasteiger partial charge is 0.0712 e. The number of terminal acetylenes is 1. The van der Waals surface area contributed by atoms with Crippen LogP contribution >= 0.6 is 0 Å². The van der Waals surface area contributed by atoms with Gasteiger partial charge in [0.1, 0.15) is 0 Å². The van der Waals surface area contributed by atoms with E-state index in [1.54, 1.807) is 0 Å². The van der Waals surface area contributed by atoms with Crippen molar-refractivity contribution in [3.63, 3.8) is 0 Å². The van der Waals surface area contributed by atoms with Gasteiger partial charge < -0.3 is 5.32 Å². The van der Waals surface area contributed by atoms with Gasteiger partial charge in [-0.05, 0) is 37.0 Å². The zero-order valence-electron chi connectivity index (χ0n) is 8.59. The molecule has 0 aliphatic heterocycles. The third-order valence-electron chi connectivity index (χ3n) is 3.58. The lowest BCUT2D eigenvalue weighted by Crippen LogP contribution is -2.40. The van der Waals surface area contributed by atoms with Gasteiger partial charge in [-0.15, -0.1) is 6.42 Å². The molecule has 0 aromatic heterocycles. The molecule has 0 saturated heterocycles. The molecule has 4 atom stereocenters. The zero-order chi connectivity index (χ0) is 9.42. The first kappa shape index (κ1) is 9.09. The molecular formula is C12H19N. The van der Waals surface area contributed by atoms with Crippen molar-refractivity contribution in [1.29, 1.82) is 0 Å². The van der Waals surface area contributed by atoms with Crippen LogP contribution in [0.15, 0.2) is 0 Å². The van der Waals surface area contributed by atoms with Crippen molar-refractivity contribution in [2.45, 2.75) is 45.2 Å². The van der Waals surface area contributed by atoms with E-state index in [9.17, 15) is 0 Å². The molecule has 0 bridgehead atoms. The number of fused-ring (bicyclic) bond motifs is 1. The van der Waals surface area contributed by atoms with E-state index >= 15 is 0 Å². The van der Waals surface area contributed by atoms with Crippen molar-refractivity contribution in [3.8, 4) is 12.3 Å². The minimum Gasteiger partial charge on any atom is -0.300 e. The Morgan fingerprint density at radius 1 is 1.38 bits per heavy atom. The summed E-state index contributed by atoms with van der Waals surface area (Å²) in [4.78, 5) is 0. The molecule has 2 unspecified atom stereocenters. The maximum Gasteiger partial charge on any atom is 0.0712 e. The van der Waals surface area contributed by atoms with E-state index in [0.29, 0.717) is 5.92 Å². The van der Waals surface area contributed by atoms with Gasteiger partial charge in [0.2, 0.25) is 0 Å². The van der Waals surface area contributed by atoms with Crippen LogP contribution in [0.3, 0.4) is 0 Å². The van der Waals surface area contributed by atoms with Gasteiger partial charge in [0.25, 0.3) is 0 Å². The summed E-state index contributed by atoms with van der Waals surface area (Å²) >= 11 is 0. The fourth-order valence-corrected chi connectivity index (χ4v) is 2.57. The largest absolute Gasteiger partial charge is 0.300 e. The maximum atomic E-state index is 5.50. The standard InChI is InChI=1S/C12H19N/c1-4-11(8(2)3)13-12-6-5-9-7-10(9)12/h1,8-13H,5-7H2,2-3H3/t9-,10+,11?,12?/m1/s1. The average Bonchev–Trinajstić information content (AvgIpc) is 2.77. The summed E-state index contributed by atoms with van der Waals surface area (Å²) in [6, 6.07) is 1.01. The third kappa shape index (κ3) is 1.74. The summed E-state index contributed by atoms with van der Waals surface area (Å²) in [6.07, 6.45) is 9.73. The maximum absolute atomic E-state index is 5.50. The molecule has 2 rings (SSSR count). The molecule has 0 amide bonds. The fourth-order valence-electron chi connectivity index (χ4n) is 2.57. The normalized spacial score (nSPS) is 38.5. The van der Waals surface area contributed by atoms with Gasteiger partial charge in [-0.2, -0.15) is 0 Å². The molecule has 0 aromatic carbocycles. The molecule has 1 N–H and O–H groups in total. The van der Waals surface area contributed by atoms with Crippen molar-refractivity contribution < 1.29 is 0 Å². The van der Waals surface area contributed by atoms with Crippen molar-refractivity contribution in [2.75, 3.05) is 0 Å². The van der Waals surface area contributed by atoms with E-state index in [2.05, 4.69) is 25.1 Å². The van der Waals surface area contributed by atoms with Crippen molar-refractivity contribution in [1.82, 2.24) is 5.32 Å². The van der Waals surface area contributed by atoms with E-state index in [4.69, 9.17) is 6.42 Å². The molecule has 2 fully saturated rings. The Bertz CT molecular complexity index is 226. The van der Waals surface area contributed by atoms with Gasteiger partial charge in [0.15, 0.2) is 0 Å². The quantitative estimate of drug-likeness (QED) is 0.650. The lowest BCUT2D eigenvalue weighted by atomic mass is 10.0. The van der Waals surface area contributed by atoms with E-state index in [1.165, 1.54) is 19.3 Å². The SMILES string of the molecule is C#CC(NC1CC[C@@H]2C[C@H]12)C(C)C. The summed E-state index contributed by atoms with van der Waals surface area (Å²) in [5.74, 6) is 5.43. The highest BCUT2D eigenvalue weighted by Gasteiger charge is 2.48. The van der Waals surface area contributed by atoms with Crippen LogP contribution in [0.5, 0.6) is 0 Å². The zero-order valence-corrected chi connectivity index (χ0v) is 8.59. The Hall–Kier alpha value is -0.480. The Morgan fingerprint density at radius 3 is 2.54 bits per heavy atom. The lowest BCUT2D eigenvalue weighted by molar-refractivity contribution is 0.388. The van der Waals surface area contributed by atoms with Crippen LogP contribution < -0.4 is 5.32 Å². The highest BCUT2D eigenvalue weighted by molar-refractivity contribution is 5.07. The second-order valence-corrected chi connectivity index (χ2v) is 4.90. The van der Waals surface area contributed by atoms with Gasteiger partial charge in [-0.1, -0.05) is 19.8 Å². The summed E-state index contributed by atoms with van der Waals surface area (Å²) in [5.41, 5.74) is 0. The molecule has 0 heterocycles. The van der Waals surface area contributed by atoms with Gasteiger partial charge in [-0.25, -0.2) is 0 Å². The molecule has 0 spiro atoms. The minimum absolute atomic E-state index is 0.282. The third-order valence-corrected chi connectivity index (χ3v) is 3.58. The number of hydrogen-bond donors (Lipinski definition) is 1. The summed E-state index contributed by atoms with van der Waals surface area (Å²) in [5, 5.41) is 3.62. The summed E-state index contributed by atoms with van der Waals surface area (Å²) < 4.78 is 0. The fraction of sp³-hybridized carbons (Fsp3) is 0.833. The molecule has 2 aliphatic rings. The van der Waals surface area contributed by atoms with E-state index in [0.717, 1.165) is 17.9 Å². The summed E-state index contributed by atoms with van der Waals surface area (Å²) in [7, 11) is 0. The van der Waals surface area contributed by atoms with Gasteiger partial charge in [-0.3, -0.25) is 0 Å². The molecular weight excluding hydrogens is 158 g/mol. The first-order valence-corrected chi connectivity index (χ1v) is 5.44. The molecule has 0 aromatic rings. The molecule has 0 radical (unpaired) electrons. The Balaban J connectivity index is 1.86. The van der Waals surface area contributed by atoms with Gasteiger partial charge in [0.05, 0.1) is 6.04 Å². The molecule has 1 heteroatoms. The van der Waals surface area contributed by atoms with Crippen LogP contribution in [0.4, 0.5) is 0 Å². The Morgan fingerprint density at radius 2 is 2.15 bits per heavy atom. The predicted molar refractivity (Wildman–Crippen MR) is 55.2 cm³/mol. The van der Waals surface area contributed by atoms with Crippen LogP contribution in [-0.4, -0.2) is 12.1 Å². The van der Waals surface area contributed by atoms with E-state index < -0.39 is 0 Å². The lowest BCUT2D eigenvalue weighted by Gasteiger charge is -2.22. The Labute approximate surface area is 81.3 Å². The van der Waals surface area contributed by atoms with Gasteiger partial charge in [0, 0.05) is 6.04 Å². The molecule has 72 valence electrons. The van der Waals surface area contributed by atoms with Crippen LogP contribution in [0, 0.1) is 30.1 Å². The molecule has 1 nitrogen and oxygen atoms in total. The van der Waals surface area contributed by atoms with E-state index in [1.807, 2.05) is 0 Å². The summed E-state index contributed by atoms with van der Waals surface area (Å²) in [6.45, 7) is 4.38. The molecule has 2 saturated carbocycles. The topological polar surface area (TPSA) is 12.0 Å². The van der Waals surface area contributed by atoms with Gasteiger partial charge >= 0.3 is 0 Å². The van der Waals surface area contributed by atoms with Crippen molar-refractivity contribution in [2.24, 2.45) is 17.8 Å².